The zero-order chi connectivity index (χ0) is 20.4. The SMILES string of the molecule is CCOC(=O)N1CCN([C@@H](c2ccccc2)c2sc3nc(CC)nn3c2O)CC1. The van der Waals surface area contributed by atoms with Crippen LogP contribution in [0.5, 0.6) is 5.88 Å². The van der Waals surface area contributed by atoms with Crippen LogP contribution in [0.3, 0.4) is 0 Å². The topological polar surface area (TPSA) is 83.2 Å². The zero-order valence-corrected chi connectivity index (χ0v) is 17.4. The van der Waals surface area contributed by atoms with Gasteiger partial charge in [0.2, 0.25) is 10.8 Å². The maximum Gasteiger partial charge on any atom is 0.409 e. The second-order valence-corrected chi connectivity index (χ2v) is 7.91. The largest absolute Gasteiger partial charge is 0.492 e. The van der Waals surface area contributed by atoms with E-state index in [1.807, 2.05) is 32.0 Å². The fourth-order valence-electron chi connectivity index (χ4n) is 3.66. The number of aromatic nitrogens is 3. The van der Waals surface area contributed by atoms with Gasteiger partial charge in [0.15, 0.2) is 5.82 Å². The number of aromatic hydroxyl groups is 1. The monoisotopic (exact) mass is 415 g/mol. The lowest BCUT2D eigenvalue weighted by Crippen LogP contribution is -2.49. The van der Waals surface area contributed by atoms with Gasteiger partial charge in [-0.05, 0) is 12.5 Å². The Bertz CT molecular complexity index is 979. The van der Waals surface area contributed by atoms with Gasteiger partial charge in [-0.2, -0.15) is 4.52 Å². The van der Waals surface area contributed by atoms with Crippen LogP contribution in [0.15, 0.2) is 30.3 Å². The van der Waals surface area contributed by atoms with Crippen LogP contribution in [-0.4, -0.2) is 68.4 Å². The molecular formula is C20H25N5O3S. The normalized spacial score (nSPS) is 16.3. The Morgan fingerprint density at radius 3 is 2.55 bits per heavy atom. The van der Waals surface area contributed by atoms with Crippen LogP contribution in [0, 0.1) is 0 Å². The second kappa shape index (κ2) is 8.38. The number of aryl methyl sites for hydroxylation is 1. The van der Waals surface area contributed by atoms with Gasteiger partial charge < -0.3 is 14.7 Å². The van der Waals surface area contributed by atoms with Crippen LogP contribution < -0.4 is 0 Å². The molecule has 0 aliphatic carbocycles. The Labute approximate surface area is 173 Å². The molecule has 3 aromatic rings. The van der Waals surface area contributed by atoms with E-state index in [4.69, 9.17) is 4.74 Å². The van der Waals surface area contributed by atoms with Crippen molar-refractivity contribution < 1.29 is 14.6 Å². The van der Waals surface area contributed by atoms with Crippen molar-refractivity contribution >= 4 is 22.4 Å². The van der Waals surface area contributed by atoms with Gasteiger partial charge in [-0.25, -0.2) is 9.78 Å². The highest BCUT2D eigenvalue weighted by atomic mass is 32.1. The third-order valence-electron chi connectivity index (χ3n) is 5.13. The maximum absolute atomic E-state index is 12.0. The third kappa shape index (κ3) is 3.79. The summed E-state index contributed by atoms with van der Waals surface area (Å²) in [6, 6.07) is 9.99. The van der Waals surface area contributed by atoms with Gasteiger partial charge in [-0.3, -0.25) is 4.90 Å². The van der Waals surface area contributed by atoms with Crippen molar-refractivity contribution in [3.63, 3.8) is 0 Å². The van der Waals surface area contributed by atoms with E-state index in [2.05, 4.69) is 27.1 Å². The summed E-state index contributed by atoms with van der Waals surface area (Å²) >= 11 is 1.46. The van der Waals surface area contributed by atoms with E-state index in [0.717, 1.165) is 22.7 Å². The Morgan fingerprint density at radius 1 is 1.21 bits per heavy atom. The number of carbonyl (C=O) groups is 1. The Balaban J connectivity index is 1.65. The van der Waals surface area contributed by atoms with Gasteiger partial charge in [-0.15, -0.1) is 5.10 Å². The van der Waals surface area contributed by atoms with Crippen molar-refractivity contribution in [2.24, 2.45) is 0 Å². The Kier molecular flexibility index (Phi) is 5.68. The average Bonchev–Trinajstić information content (AvgIpc) is 3.29. The fraction of sp³-hybridized carbons (Fsp3) is 0.450. The molecule has 3 heterocycles. The number of nitrogens with zero attached hydrogens (tertiary/aromatic N) is 5. The zero-order valence-electron chi connectivity index (χ0n) is 16.6. The molecule has 1 N–H and O–H groups in total. The van der Waals surface area contributed by atoms with Crippen molar-refractivity contribution in [1.82, 2.24) is 24.4 Å². The van der Waals surface area contributed by atoms with Gasteiger partial charge in [0.25, 0.3) is 0 Å². The lowest BCUT2D eigenvalue weighted by Gasteiger charge is -2.38. The van der Waals surface area contributed by atoms with Crippen molar-refractivity contribution in [2.75, 3.05) is 32.8 Å². The molecule has 0 spiro atoms. The summed E-state index contributed by atoms with van der Waals surface area (Å²) < 4.78 is 6.66. The standard InChI is InChI=1S/C20H25N5O3S/c1-3-15-21-19-25(22-15)18(26)17(29-19)16(14-8-6-5-7-9-14)23-10-12-24(13-11-23)20(27)28-4-2/h5-9,16,26H,3-4,10-13H2,1-2H3/t16-/m0/s1. The average molecular weight is 416 g/mol. The third-order valence-corrected chi connectivity index (χ3v) is 6.20. The van der Waals surface area contributed by atoms with Gasteiger partial charge in [0.05, 0.1) is 17.5 Å². The number of fused-ring (bicyclic) bond motifs is 1. The van der Waals surface area contributed by atoms with Crippen LogP contribution >= 0.6 is 11.3 Å². The first-order valence-corrected chi connectivity index (χ1v) is 10.7. The van der Waals surface area contributed by atoms with Gasteiger partial charge in [0.1, 0.15) is 0 Å². The number of piperazine rings is 1. The summed E-state index contributed by atoms with van der Waals surface area (Å²) in [4.78, 5) is 22.1. The van der Waals surface area contributed by atoms with E-state index in [1.54, 1.807) is 4.90 Å². The van der Waals surface area contributed by atoms with E-state index >= 15 is 0 Å². The number of hydrogen-bond donors (Lipinski definition) is 1. The number of amides is 1. The summed E-state index contributed by atoms with van der Waals surface area (Å²) in [6.07, 6.45) is 0.457. The predicted octanol–water partition coefficient (Wildman–Crippen LogP) is 2.92. The summed E-state index contributed by atoms with van der Waals surface area (Å²) in [5, 5.41) is 15.3. The number of hydrogen-bond acceptors (Lipinski definition) is 7. The van der Waals surface area contributed by atoms with E-state index in [1.165, 1.54) is 15.9 Å². The van der Waals surface area contributed by atoms with Crippen LogP contribution in [0.4, 0.5) is 4.79 Å². The molecule has 0 radical (unpaired) electrons. The number of rotatable bonds is 5. The van der Waals surface area contributed by atoms with Gasteiger partial charge in [0, 0.05) is 32.6 Å². The highest BCUT2D eigenvalue weighted by Crippen LogP contribution is 2.40. The predicted molar refractivity (Wildman–Crippen MR) is 110 cm³/mol. The second-order valence-electron chi connectivity index (χ2n) is 6.90. The first kappa shape index (κ1) is 19.7. The molecule has 29 heavy (non-hydrogen) atoms. The Hall–Kier alpha value is -2.65. The van der Waals surface area contributed by atoms with Crippen LogP contribution in [0.1, 0.15) is 36.2 Å². The minimum absolute atomic E-state index is 0.126. The summed E-state index contributed by atoms with van der Waals surface area (Å²) in [6.45, 7) is 6.73. The van der Waals surface area contributed by atoms with Crippen molar-refractivity contribution in [3.05, 3.63) is 46.6 Å². The molecule has 1 fully saturated rings. The molecule has 1 amide bonds. The van der Waals surface area contributed by atoms with E-state index in [0.29, 0.717) is 37.7 Å². The maximum atomic E-state index is 12.0. The number of benzene rings is 1. The molecule has 1 aromatic carbocycles. The number of ether oxygens (including phenoxy) is 1. The number of thiazole rings is 1. The van der Waals surface area contributed by atoms with Gasteiger partial charge >= 0.3 is 6.09 Å². The minimum atomic E-state index is -0.267. The van der Waals surface area contributed by atoms with Crippen LogP contribution in [0.2, 0.25) is 0 Å². The van der Waals surface area contributed by atoms with E-state index in [9.17, 15) is 9.90 Å². The highest BCUT2D eigenvalue weighted by molar-refractivity contribution is 7.17. The molecule has 1 aliphatic rings. The molecule has 154 valence electrons. The van der Waals surface area contributed by atoms with Crippen LogP contribution in [0.25, 0.3) is 4.96 Å². The molecular weight excluding hydrogens is 390 g/mol. The van der Waals surface area contributed by atoms with Crippen molar-refractivity contribution in [3.8, 4) is 5.88 Å². The molecule has 2 aromatic heterocycles. The minimum Gasteiger partial charge on any atom is -0.492 e. The lowest BCUT2D eigenvalue weighted by molar-refractivity contribution is 0.0715. The smallest absolute Gasteiger partial charge is 0.409 e. The summed E-state index contributed by atoms with van der Waals surface area (Å²) in [5.41, 5.74) is 1.09. The van der Waals surface area contributed by atoms with Crippen molar-refractivity contribution in [2.45, 2.75) is 26.3 Å². The molecule has 0 bridgehead atoms. The highest BCUT2D eigenvalue weighted by Gasteiger charge is 2.32. The molecule has 1 saturated heterocycles. The molecule has 1 atom stereocenters. The lowest BCUT2D eigenvalue weighted by atomic mass is 10.0. The molecule has 4 rings (SSSR count). The van der Waals surface area contributed by atoms with Gasteiger partial charge in [-0.1, -0.05) is 48.6 Å². The quantitative estimate of drug-likeness (QED) is 0.690. The molecule has 1 aliphatic heterocycles. The van der Waals surface area contributed by atoms with E-state index < -0.39 is 0 Å². The van der Waals surface area contributed by atoms with Crippen molar-refractivity contribution in [1.29, 1.82) is 0 Å². The Morgan fingerprint density at radius 2 is 1.93 bits per heavy atom. The first-order chi connectivity index (χ1) is 14.1. The molecule has 0 saturated carbocycles. The molecule has 9 heteroatoms. The molecule has 8 nitrogen and oxygen atoms in total. The first-order valence-electron chi connectivity index (χ1n) is 9.90. The molecule has 0 unspecified atom stereocenters. The van der Waals surface area contributed by atoms with Crippen LogP contribution in [-0.2, 0) is 11.2 Å². The number of carbonyl (C=O) groups excluding carboxylic acids is 1. The summed E-state index contributed by atoms with van der Waals surface area (Å²) in [7, 11) is 0. The van der Waals surface area contributed by atoms with E-state index in [-0.39, 0.29) is 18.0 Å². The summed E-state index contributed by atoms with van der Waals surface area (Å²) in [5.74, 6) is 0.858. The fourth-order valence-corrected chi connectivity index (χ4v) is 4.80.